The number of cyclic esters (lactones) is 1. The van der Waals surface area contributed by atoms with Gasteiger partial charge in [-0.25, -0.2) is 14.6 Å². The number of carbonyl (C=O) groups is 2. The fourth-order valence-corrected chi connectivity index (χ4v) is 5.01. The van der Waals surface area contributed by atoms with Gasteiger partial charge in [0.1, 0.15) is 6.61 Å². The maximum absolute atomic E-state index is 13.4. The van der Waals surface area contributed by atoms with Crippen LogP contribution in [-0.4, -0.2) is 33.7 Å². The van der Waals surface area contributed by atoms with E-state index in [1.807, 2.05) is 25.1 Å². The summed E-state index contributed by atoms with van der Waals surface area (Å²) in [6.45, 7) is 3.88. The second-order valence-electron chi connectivity index (χ2n) is 8.47. The number of hydrogen-bond donors (Lipinski definition) is 1. The number of methoxy groups -OCH3 is 1. The van der Waals surface area contributed by atoms with E-state index in [0.29, 0.717) is 35.5 Å². The molecule has 1 atom stereocenters. The van der Waals surface area contributed by atoms with E-state index in [-0.39, 0.29) is 18.6 Å². The molecule has 1 aromatic carbocycles. The van der Waals surface area contributed by atoms with Crippen molar-refractivity contribution in [1.29, 1.82) is 0 Å². The van der Waals surface area contributed by atoms with Crippen molar-refractivity contribution in [3.8, 4) is 11.4 Å². The van der Waals surface area contributed by atoms with Crippen molar-refractivity contribution < 1.29 is 24.2 Å². The van der Waals surface area contributed by atoms with Gasteiger partial charge in [-0.2, -0.15) is 0 Å². The molecule has 2 aromatic heterocycles. The lowest BCUT2D eigenvalue weighted by molar-refractivity contribution is -0.172. The van der Waals surface area contributed by atoms with Gasteiger partial charge >= 0.3 is 11.9 Å². The maximum atomic E-state index is 13.4. The summed E-state index contributed by atoms with van der Waals surface area (Å²) in [5.74, 6) is -1.19. The second kappa shape index (κ2) is 7.92. The zero-order valence-electron chi connectivity index (χ0n) is 19.2. The predicted molar refractivity (Wildman–Crippen MR) is 125 cm³/mol. The fourth-order valence-electron chi connectivity index (χ4n) is 5.01. The number of nitrogens with zero attached hydrogens (tertiary/aromatic N) is 2. The first-order chi connectivity index (χ1) is 16.3. The summed E-state index contributed by atoms with van der Waals surface area (Å²) in [5, 5.41) is 12.0. The molecular formula is C26H24N2O6. The molecule has 0 fully saturated rings. The third kappa shape index (κ3) is 3.02. The van der Waals surface area contributed by atoms with Gasteiger partial charge in [0.2, 0.25) is 0 Å². The first kappa shape index (κ1) is 22.0. The number of fused-ring (bicyclic) bond motifs is 5. The average Bonchev–Trinajstić information content (AvgIpc) is 3.22. The molecule has 34 heavy (non-hydrogen) atoms. The van der Waals surface area contributed by atoms with Gasteiger partial charge in [-0.3, -0.25) is 4.79 Å². The number of aliphatic hydroxyl groups is 1. The summed E-state index contributed by atoms with van der Waals surface area (Å²) < 4.78 is 11.5. The number of ether oxygens (including phenoxy) is 2. The van der Waals surface area contributed by atoms with E-state index < -0.39 is 17.5 Å². The van der Waals surface area contributed by atoms with Crippen LogP contribution in [0.5, 0.6) is 0 Å². The molecule has 1 N–H and O–H groups in total. The Bertz CT molecular complexity index is 1470. The van der Waals surface area contributed by atoms with Gasteiger partial charge < -0.3 is 19.1 Å². The molecule has 8 heteroatoms. The molecule has 0 aliphatic carbocycles. The van der Waals surface area contributed by atoms with Crippen molar-refractivity contribution in [3.05, 3.63) is 68.5 Å². The van der Waals surface area contributed by atoms with E-state index in [2.05, 4.69) is 0 Å². The van der Waals surface area contributed by atoms with E-state index in [1.54, 1.807) is 23.6 Å². The SMILES string of the molecule is CCc1c2c(nc3cccc(C=CC(=O)OC)c13)-c1cc3c(c(=O)n1C2)COC(=O)C3(O)CC. The minimum atomic E-state index is -1.86. The molecule has 5 rings (SSSR count). The largest absolute Gasteiger partial charge is 0.466 e. The summed E-state index contributed by atoms with van der Waals surface area (Å²) in [5.41, 5.74) is 3.19. The van der Waals surface area contributed by atoms with Crippen LogP contribution in [0.1, 0.15) is 48.1 Å². The molecule has 3 aromatic rings. The van der Waals surface area contributed by atoms with Crippen molar-refractivity contribution in [2.75, 3.05) is 7.11 Å². The van der Waals surface area contributed by atoms with Gasteiger partial charge in [0.15, 0.2) is 5.60 Å². The first-order valence-corrected chi connectivity index (χ1v) is 11.2. The topological polar surface area (TPSA) is 108 Å². The Kier molecular flexibility index (Phi) is 5.13. The van der Waals surface area contributed by atoms with Crippen molar-refractivity contribution in [1.82, 2.24) is 9.55 Å². The number of pyridine rings is 2. The highest BCUT2D eigenvalue weighted by molar-refractivity contribution is 5.97. The third-order valence-electron chi connectivity index (χ3n) is 6.81. The van der Waals surface area contributed by atoms with Crippen LogP contribution in [0.4, 0.5) is 0 Å². The smallest absolute Gasteiger partial charge is 0.343 e. The quantitative estimate of drug-likeness (QED) is 0.369. The minimum Gasteiger partial charge on any atom is -0.466 e. The van der Waals surface area contributed by atoms with E-state index in [4.69, 9.17) is 14.5 Å². The van der Waals surface area contributed by atoms with Crippen LogP contribution in [0.3, 0.4) is 0 Å². The summed E-state index contributed by atoms with van der Waals surface area (Å²) >= 11 is 0. The lowest BCUT2D eigenvalue weighted by atomic mass is 9.86. The number of rotatable bonds is 4. The van der Waals surface area contributed by atoms with Crippen molar-refractivity contribution in [3.63, 3.8) is 0 Å². The zero-order valence-corrected chi connectivity index (χ0v) is 19.2. The standard InChI is InChI=1S/C26H24N2O6/c1-4-15-16-12-28-20(11-18-17(24(28)30)13-34-25(31)26(18,32)5-2)23(16)27-19-8-6-7-14(22(15)19)9-10-21(29)33-3/h6-11,32H,4-5,12-13H2,1-3H3. The van der Waals surface area contributed by atoms with E-state index in [0.717, 1.165) is 27.6 Å². The van der Waals surface area contributed by atoms with Crippen LogP contribution in [0.15, 0.2) is 35.1 Å². The Hall–Kier alpha value is -3.78. The molecule has 0 amide bonds. The molecular weight excluding hydrogens is 436 g/mol. The number of hydrogen-bond acceptors (Lipinski definition) is 7. The van der Waals surface area contributed by atoms with Crippen LogP contribution in [0.2, 0.25) is 0 Å². The highest BCUT2D eigenvalue weighted by atomic mass is 16.6. The number of carbonyl (C=O) groups excluding carboxylic acids is 2. The van der Waals surface area contributed by atoms with Gasteiger partial charge in [-0.1, -0.05) is 26.0 Å². The number of aromatic nitrogens is 2. The van der Waals surface area contributed by atoms with Crippen LogP contribution < -0.4 is 5.56 Å². The zero-order chi connectivity index (χ0) is 24.2. The summed E-state index contributed by atoms with van der Waals surface area (Å²) in [7, 11) is 1.33. The normalized spacial score (nSPS) is 18.5. The number of aryl methyl sites for hydroxylation is 1. The Morgan fingerprint density at radius 1 is 1.29 bits per heavy atom. The Morgan fingerprint density at radius 3 is 2.79 bits per heavy atom. The van der Waals surface area contributed by atoms with Crippen molar-refractivity contribution in [2.45, 2.75) is 45.4 Å². The van der Waals surface area contributed by atoms with Crippen molar-refractivity contribution in [2.24, 2.45) is 0 Å². The third-order valence-corrected chi connectivity index (χ3v) is 6.81. The number of benzene rings is 1. The summed E-state index contributed by atoms with van der Waals surface area (Å²) in [6, 6.07) is 7.38. The van der Waals surface area contributed by atoms with Gasteiger partial charge in [0.25, 0.3) is 5.56 Å². The highest BCUT2D eigenvalue weighted by Crippen LogP contribution is 2.40. The Balaban J connectivity index is 1.77. The molecule has 8 nitrogen and oxygen atoms in total. The second-order valence-corrected chi connectivity index (χ2v) is 8.47. The van der Waals surface area contributed by atoms with E-state index >= 15 is 0 Å². The summed E-state index contributed by atoms with van der Waals surface area (Å²) in [6.07, 6.45) is 3.86. The molecule has 2 aliphatic heterocycles. The van der Waals surface area contributed by atoms with Gasteiger partial charge in [-0.15, -0.1) is 0 Å². The van der Waals surface area contributed by atoms with Gasteiger partial charge in [-0.05, 0) is 42.2 Å². The molecule has 0 saturated carbocycles. The van der Waals surface area contributed by atoms with Crippen LogP contribution >= 0.6 is 0 Å². The molecule has 0 saturated heterocycles. The van der Waals surface area contributed by atoms with Crippen molar-refractivity contribution >= 4 is 28.9 Å². The lowest BCUT2D eigenvalue weighted by Gasteiger charge is -2.31. The molecule has 2 aliphatic rings. The maximum Gasteiger partial charge on any atom is 0.343 e. The minimum absolute atomic E-state index is 0.0931. The molecule has 1 unspecified atom stereocenters. The molecule has 0 radical (unpaired) electrons. The predicted octanol–water partition coefficient (Wildman–Crippen LogP) is 2.83. The molecule has 174 valence electrons. The molecule has 0 bridgehead atoms. The van der Waals surface area contributed by atoms with Gasteiger partial charge in [0.05, 0.1) is 36.1 Å². The average molecular weight is 460 g/mol. The number of esters is 2. The Labute approximate surface area is 195 Å². The molecule has 0 spiro atoms. The van der Waals surface area contributed by atoms with E-state index in [1.165, 1.54) is 13.2 Å². The first-order valence-electron chi connectivity index (χ1n) is 11.2. The highest BCUT2D eigenvalue weighted by Gasteiger charge is 2.45. The fraction of sp³-hybridized carbons (Fsp3) is 0.308. The molecule has 4 heterocycles. The van der Waals surface area contributed by atoms with Crippen LogP contribution in [0, 0.1) is 0 Å². The Morgan fingerprint density at radius 2 is 2.09 bits per heavy atom. The van der Waals surface area contributed by atoms with Crippen LogP contribution in [0.25, 0.3) is 28.4 Å². The van der Waals surface area contributed by atoms with E-state index in [9.17, 15) is 19.5 Å². The van der Waals surface area contributed by atoms with Gasteiger partial charge in [0, 0.05) is 22.6 Å². The van der Waals surface area contributed by atoms with Crippen LogP contribution in [-0.2, 0) is 44.2 Å². The lowest BCUT2D eigenvalue weighted by Crippen LogP contribution is -2.44. The summed E-state index contributed by atoms with van der Waals surface area (Å²) in [4.78, 5) is 42.3. The monoisotopic (exact) mass is 460 g/mol.